The number of pyridine rings is 1. The van der Waals surface area contributed by atoms with Crippen LogP contribution in [0.1, 0.15) is 24.1 Å². The number of aryl methyl sites for hydroxylation is 1. The molecule has 0 unspecified atom stereocenters. The predicted molar refractivity (Wildman–Crippen MR) is 82.6 cm³/mol. The van der Waals surface area contributed by atoms with Crippen molar-refractivity contribution in [3.63, 3.8) is 0 Å². The highest BCUT2D eigenvalue weighted by molar-refractivity contribution is 5.90. The zero-order valence-corrected chi connectivity index (χ0v) is 12.2. The second-order valence-corrected chi connectivity index (χ2v) is 4.86. The fraction of sp³-hybridized carbons (Fsp3) is 0.200. The molecule has 0 radical (unpaired) electrons. The average Bonchev–Trinajstić information content (AvgIpc) is 2.50. The Bertz CT molecular complexity index is 688. The Labute approximate surface area is 127 Å². The number of nitro benzene ring substituents is 1. The molecule has 2 aromatic rings. The molecule has 22 heavy (non-hydrogen) atoms. The minimum absolute atomic E-state index is 0.00592. The van der Waals surface area contributed by atoms with E-state index >= 15 is 0 Å². The highest BCUT2D eigenvalue weighted by Crippen LogP contribution is 2.21. The Morgan fingerprint density at radius 2 is 1.95 bits per heavy atom. The van der Waals surface area contributed by atoms with Crippen molar-refractivity contribution >= 4 is 17.4 Å². The molecule has 0 aliphatic carbocycles. The first-order valence-corrected chi connectivity index (χ1v) is 6.70. The lowest BCUT2D eigenvalue weighted by molar-refractivity contribution is -0.384. The van der Waals surface area contributed by atoms with Crippen molar-refractivity contribution in [3.8, 4) is 0 Å². The molecule has 0 fully saturated rings. The first-order chi connectivity index (χ1) is 10.5. The Morgan fingerprint density at radius 1 is 1.27 bits per heavy atom. The number of anilines is 1. The topological polar surface area (TPSA) is 97.2 Å². The maximum absolute atomic E-state index is 12.0. The number of rotatable bonds is 4. The van der Waals surface area contributed by atoms with Crippen LogP contribution >= 0.6 is 0 Å². The van der Waals surface area contributed by atoms with Crippen molar-refractivity contribution in [2.24, 2.45) is 0 Å². The van der Waals surface area contributed by atoms with E-state index in [4.69, 9.17) is 0 Å². The van der Waals surface area contributed by atoms with Crippen molar-refractivity contribution in [1.29, 1.82) is 0 Å². The number of hydrogen-bond acceptors (Lipinski definition) is 4. The minimum Gasteiger partial charge on any atom is -0.331 e. The summed E-state index contributed by atoms with van der Waals surface area (Å²) in [5, 5.41) is 16.2. The Hall–Kier alpha value is -2.96. The van der Waals surface area contributed by atoms with Gasteiger partial charge in [-0.15, -0.1) is 0 Å². The first kappa shape index (κ1) is 15.4. The minimum atomic E-state index is -0.470. The number of hydrogen-bond donors (Lipinski definition) is 2. The summed E-state index contributed by atoms with van der Waals surface area (Å²) in [5.74, 6) is 0. The summed E-state index contributed by atoms with van der Waals surface area (Å²) in [6.07, 6.45) is 3.32. The molecule has 1 aromatic carbocycles. The molecule has 0 saturated carbocycles. The first-order valence-electron chi connectivity index (χ1n) is 6.70. The number of nitrogens with zero attached hydrogens (tertiary/aromatic N) is 2. The van der Waals surface area contributed by atoms with Crippen LogP contribution in [0.25, 0.3) is 0 Å². The second-order valence-electron chi connectivity index (χ2n) is 4.86. The van der Waals surface area contributed by atoms with Crippen molar-refractivity contribution in [2.45, 2.75) is 19.9 Å². The molecule has 0 bridgehead atoms. The van der Waals surface area contributed by atoms with Crippen LogP contribution in [0, 0.1) is 17.0 Å². The maximum Gasteiger partial charge on any atom is 0.319 e. The number of amides is 2. The van der Waals surface area contributed by atoms with Crippen LogP contribution in [0.15, 0.2) is 42.7 Å². The Morgan fingerprint density at radius 3 is 2.55 bits per heavy atom. The van der Waals surface area contributed by atoms with Crippen molar-refractivity contribution in [3.05, 3.63) is 64.0 Å². The number of urea groups is 1. The fourth-order valence-corrected chi connectivity index (χ4v) is 1.99. The van der Waals surface area contributed by atoms with E-state index in [1.165, 1.54) is 18.2 Å². The lowest BCUT2D eigenvalue weighted by atomic mass is 10.1. The smallest absolute Gasteiger partial charge is 0.319 e. The van der Waals surface area contributed by atoms with E-state index in [1.54, 1.807) is 19.3 Å². The second kappa shape index (κ2) is 6.66. The monoisotopic (exact) mass is 300 g/mol. The van der Waals surface area contributed by atoms with Gasteiger partial charge in [-0.3, -0.25) is 15.1 Å². The number of carbonyl (C=O) groups is 1. The normalized spacial score (nSPS) is 11.5. The van der Waals surface area contributed by atoms with Gasteiger partial charge in [0.25, 0.3) is 5.69 Å². The van der Waals surface area contributed by atoms with Crippen LogP contribution in [0.2, 0.25) is 0 Å². The summed E-state index contributed by atoms with van der Waals surface area (Å²) >= 11 is 0. The van der Waals surface area contributed by atoms with Gasteiger partial charge in [0.1, 0.15) is 0 Å². The fourth-order valence-electron chi connectivity index (χ4n) is 1.99. The summed E-state index contributed by atoms with van der Waals surface area (Å²) < 4.78 is 0. The zero-order chi connectivity index (χ0) is 16.1. The van der Waals surface area contributed by atoms with Crippen LogP contribution in [-0.4, -0.2) is 15.9 Å². The zero-order valence-electron chi connectivity index (χ0n) is 12.2. The van der Waals surface area contributed by atoms with E-state index in [-0.39, 0.29) is 17.8 Å². The highest BCUT2D eigenvalue weighted by atomic mass is 16.6. The molecule has 0 spiro atoms. The predicted octanol–water partition coefficient (Wildman–Crippen LogP) is 3.18. The third-order valence-corrected chi connectivity index (χ3v) is 3.22. The third-order valence-electron chi connectivity index (χ3n) is 3.22. The Kier molecular flexibility index (Phi) is 4.67. The molecule has 2 N–H and O–H groups in total. The van der Waals surface area contributed by atoms with Crippen molar-refractivity contribution in [2.75, 3.05) is 5.32 Å². The third kappa shape index (κ3) is 3.78. The molecule has 7 nitrogen and oxygen atoms in total. The standard InChI is InChI=1S/C15H16N4O3/c1-10-9-13(19(21)22)3-4-14(10)18-15(20)17-11(2)12-5-7-16-8-6-12/h3-9,11H,1-2H3,(H2,17,18,20)/t11-/m1/s1. The molecule has 1 atom stereocenters. The molecule has 114 valence electrons. The van der Waals surface area contributed by atoms with Gasteiger partial charge in [0.15, 0.2) is 0 Å². The van der Waals surface area contributed by atoms with Crippen LogP contribution in [0.3, 0.4) is 0 Å². The Balaban J connectivity index is 2.02. The number of non-ortho nitro benzene ring substituents is 1. The summed E-state index contributed by atoms with van der Waals surface area (Å²) in [5.41, 5.74) is 2.09. The molecule has 2 rings (SSSR count). The van der Waals surface area contributed by atoms with Crippen LogP contribution in [0.4, 0.5) is 16.2 Å². The summed E-state index contributed by atoms with van der Waals surface area (Å²) in [6, 6.07) is 7.38. The molecule has 2 amide bonds. The number of carbonyl (C=O) groups excluding carboxylic acids is 1. The molecule has 0 aliphatic heterocycles. The van der Waals surface area contributed by atoms with Gasteiger partial charge in [-0.1, -0.05) is 0 Å². The number of aromatic nitrogens is 1. The molecular formula is C15H16N4O3. The molecule has 0 aliphatic rings. The lowest BCUT2D eigenvalue weighted by Gasteiger charge is -2.15. The lowest BCUT2D eigenvalue weighted by Crippen LogP contribution is -2.31. The van der Waals surface area contributed by atoms with Crippen LogP contribution in [0.5, 0.6) is 0 Å². The number of nitrogens with one attached hydrogen (secondary N) is 2. The van der Waals surface area contributed by atoms with Crippen LogP contribution < -0.4 is 10.6 Å². The van der Waals surface area contributed by atoms with Crippen LogP contribution in [-0.2, 0) is 0 Å². The van der Waals surface area contributed by atoms with E-state index in [0.717, 1.165) is 5.56 Å². The summed E-state index contributed by atoms with van der Waals surface area (Å²) in [4.78, 5) is 26.1. The van der Waals surface area contributed by atoms with Crippen molar-refractivity contribution < 1.29 is 9.72 Å². The van der Waals surface area contributed by atoms with Gasteiger partial charge in [-0.25, -0.2) is 4.79 Å². The molecule has 7 heteroatoms. The molecular weight excluding hydrogens is 284 g/mol. The van der Waals surface area contributed by atoms with Gasteiger partial charge in [0, 0.05) is 30.2 Å². The number of benzene rings is 1. The van der Waals surface area contributed by atoms with Gasteiger partial charge in [0.05, 0.1) is 11.0 Å². The highest BCUT2D eigenvalue weighted by Gasteiger charge is 2.12. The average molecular weight is 300 g/mol. The van der Waals surface area contributed by atoms with Gasteiger partial charge in [-0.05, 0) is 43.2 Å². The van der Waals surface area contributed by atoms with E-state index in [1.807, 2.05) is 19.1 Å². The molecule has 0 saturated heterocycles. The van der Waals surface area contributed by atoms with Gasteiger partial charge in [-0.2, -0.15) is 0 Å². The molecule has 1 heterocycles. The van der Waals surface area contributed by atoms with E-state index < -0.39 is 4.92 Å². The summed E-state index contributed by atoms with van der Waals surface area (Å²) in [7, 11) is 0. The van der Waals surface area contributed by atoms with Crippen molar-refractivity contribution in [1.82, 2.24) is 10.3 Å². The largest absolute Gasteiger partial charge is 0.331 e. The quantitative estimate of drug-likeness (QED) is 0.669. The van der Waals surface area contributed by atoms with Gasteiger partial charge >= 0.3 is 6.03 Å². The van der Waals surface area contributed by atoms with Gasteiger partial charge in [0.2, 0.25) is 0 Å². The van der Waals surface area contributed by atoms with E-state index in [9.17, 15) is 14.9 Å². The number of nitro groups is 1. The van der Waals surface area contributed by atoms with Gasteiger partial charge < -0.3 is 10.6 Å². The van der Waals surface area contributed by atoms with E-state index in [0.29, 0.717) is 11.3 Å². The van der Waals surface area contributed by atoms with E-state index in [2.05, 4.69) is 15.6 Å². The molecule has 1 aromatic heterocycles. The SMILES string of the molecule is Cc1cc([N+](=O)[O-])ccc1NC(=O)N[C@H](C)c1ccncc1. The maximum atomic E-state index is 12.0. The summed E-state index contributed by atoms with van der Waals surface area (Å²) in [6.45, 7) is 3.56.